The highest BCUT2D eigenvalue weighted by molar-refractivity contribution is 9.10. The van der Waals surface area contributed by atoms with E-state index in [-0.39, 0.29) is 6.61 Å². The van der Waals surface area contributed by atoms with E-state index in [0.29, 0.717) is 10.7 Å². The van der Waals surface area contributed by atoms with E-state index >= 15 is 0 Å². The largest absolute Gasteiger partial charge is 0.455 e. The van der Waals surface area contributed by atoms with Crippen LogP contribution in [0.5, 0.6) is 0 Å². The topological polar surface area (TPSA) is 55.4 Å². The summed E-state index contributed by atoms with van der Waals surface area (Å²) in [6.07, 6.45) is 0. The van der Waals surface area contributed by atoms with Crippen molar-refractivity contribution < 1.29 is 14.3 Å². The minimum absolute atomic E-state index is 0.387. The molecule has 0 atom stereocenters. The van der Waals surface area contributed by atoms with Crippen LogP contribution in [-0.2, 0) is 14.3 Å². The molecule has 1 amide bonds. The first-order valence-electron chi connectivity index (χ1n) is 8.98. The van der Waals surface area contributed by atoms with Crippen molar-refractivity contribution in [3.63, 3.8) is 0 Å². The van der Waals surface area contributed by atoms with Crippen LogP contribution in [0.1, 0.15) is 22.6 Å². The number of hydrogen-bond donors (Lipinski definition) is 1. The van der Waals surface area contributed by atoms with E-state index in [0.717, 1.165) is 21.2 Å². The zero-order chi connectivity index (χ0) is 20.8. The molecule has 0 bridgehead atoms. The summed E-state index contributed by atoms with van der Waals surface area (Å²) in [4.78, 5) is 25.2. The van der Waals surface area contributed by atoms with Gasteiger partial charge in [-0.2, -0.15) is 0 Å². The Morgan fingerprint density at radius 1 is 0.966 bits per heavy atom. The quantitative estimate of drug-likeness (QED) is 0.467. The molecule has 3 aromatic rings. The summed E-state index contributed by atoms with van der Waals surface area (Å²) in [5, 5.41) is 3.25. The Balaban J connectivity index is 1.71. The van der Waals surface area contributed by atoms with E-state index in [1.165, 1.54) is 0 Å². The van der Waals surface area contributed by atoms with Crippen LogP contribution in [0, 0.1) is 6.92 Å². The molecule has 3 rings (SSSR count). The SMILES string of the molecule is Cc1c(NC(=O)COC(=O)C(c2ccccc2)c2ccccc2)ccc(Br)c1Cl. The second-order valence-electron chi connectivity index (χ2n) is 6.44. The first kappa shape index (κ1) is 21.1. The average Bonchev–Trinajstić information content (AvgIpc) is 2.74. The smallest absolute Gasteiger partial charge is 0.318 e. The molecule has 0 unspecified atom stereocenters. The molecule has 3 aromatic carbocycles. The van der Waals surface area contributed by atoms with E-state index in [9.17, 15) is 9.59 Å². The number of rotatable bonds is 6. The predicted octanol–water partition coefficient (Wildman–Crippen LogP) is 5.72. The van der Waals surface area contributed by atoms with Crippen LogP contribution in [0.4, 0.5) is 5.69 Å². The van der Waals surface area contributed by atoms with Gasteiger partial charge in [0.1, 0.15) is 5.92 Å². The summed E-state index contributed by atoms with van der Waals surface area (Å²) < 4.78 is 6.09. The number of anilines is 1. The lowest BCUT2D eigenvalue weighted by Gasteiger charge is -2.17. The first-order valence-corrected chi connectivity index (χ1v) is 10.2. The normalized spacial score (nSPS) is 10.6. The summed E-state index contributed by atoms with van der Waals surface area (Å²) in [6.45, 7) is 1.41. The van der Waals surface area contributed by atoms with Crippen molar-refractivity contribution in [3.8, 4) is 0 Å². The zero-order valence-corrected chi connectivity index (χ0v) is 18.0. The van der Waals surface area contributed by atoms with E-state index in [1.807, 2.05) is 60.7 Å². The fraction of sp³-hybridized carbons (Fsp3) is 0.130. The van der Waals surface area contributed by atoms with Gasteiger partial charge in [-0.05, 0) is 51.7 Å². The summed E-state index contributed by atoms with van der Waals surface area (Å²) in [6, 6.07) is 22.2. The zero-order valence-electron chi connectivity index (χ0n) is 15.7. The Morgan fingerprint density at radius 3 is 2.07 bits per heavy atom. The highest BCUT2D eigenvalue weighted by Crippen LogP contribution is 2.31. The Hall–Kier alpha value is -2.63. The van der Waals surface area contributed by atoms with Gasteiger partial charge in [-0.15, -0.1) is 0 Å². The van der Waals surface area contributed by atoms with Gasteiger partial charge in [-0.3, -0.25) is 9.59 Å². The third kappa shape index (κ3) is 5.25. The van der Waals surface area contributed by atoms with E-state index < -0.39 is 17.8 Å². The van der Waals surface area contributed by atoms with Crippen LogP contribution in [0.3, 0.4) is 0 Å². The van der Waals surface area contributed by atoms with Gasteiger partial charge in [0, 0.05) is 10.2 Å². The summed E-state index contributed by atoms with van der Waals surface area (Å²) in [5.41, 5.74) is 2.91. The Kier molecular flexibility index (Phi) is 7.07. The van der Waals surface area contributed by atoms with Crippen molar-refractivity contribution in [2.24, 2.45) is 0 Å². The molecule has 0 spiro atoms. The molecule has 0 aliphatic rings. The fourth-order valence-electron chi connectivity index (χ4n) is 2.95. The molecule has 0 aliphatic heterocycles. The highest BCUT2D eigenvalue weighted by Gasteiger charge is 2.25. The Labute approximate surface area is 183 Å². The van der Waals surface area contributed by atoms with Gasteiger partial charge in [0.2, 0.25) is 0 Å². The number of amides is 1. The van der Waals surface area contributed by atoms with Crippen molar-refractivity contribution in [1.29, 1.82) is 0 Å². The predicted molar refractivity (Wildman–Crippen MR) is 118 cm³/mol. The number of carbonyl (C=O) groups is 2. The van der Waals surface area contributed by atoms with Crippen LogP contribution >= 0.6 is 27.5 Å². The molecule has 0 aliphatic carbocycles. The van der Waals surface area contributed by atoms with Crippen molar-refractivity contribution in [2.75, 3.05) is 11.9 Å². The fourth-order valence-corrected chi connectivity index (χ4v) is 3.54. The molecule has 148 valence electrons. The van der Waals surface area contributed by atoms with Crippen LogP contribution in [0.25, 0.3) is 0 Å². The summed E-state index contributed by atoms with van der Waals surface area (Å²) in [5.74, 6) is -1.52. The second kappa shape index (κ2) is 9.72. The van der Waals surface area contributed by atoms with Gasteiger partial charge < -0.3 is 10.1 Å². The van der Waals surface area contributed by atoms with Crippen LogP contribution in [-0.4, -0.2) is 18.5 Å². The number of benzene rings is 3. The van der Waals surface area contributed by atoms with Gasteiger partial charge in [-0.25, -0.2) is 0 Å². The van der Waals surface area contributed by atoms with Crippen LogP contribution in [0.15, 0.2) is 77.3 Å². The third-order valence-corrected chi connectivity index (χ3v) is 5.84. The molecule has 0 radical (unpaired) electrons. The second-order valence-corrected chi connectivity index (χ2v) is 7.68. The minimum Gasteiger partial charge on any atom is -0.455 e. The maximum atomic E-state index is 12.8. The van der Waals surface area contributed by atoms with Crippen LogP contribution in [0.2, 0.25) is 5.02 Å². The summed E-state index contributed by atoms with van der Waals surface area (Å²) in [7, 11) is 0. The molecular weight excluding hydrogens is 454 g/mol. The maximum absolute atomic E-state index is 12.8. The van der Waals surface area contributed by atoms with Crippen molar-refractivity contribution in [1.82, 2.24) is 0 Å². The maximum Gasteiger partial charge on any atom is 0.318 e. The molecule has 0 fully saturated rings. The number of halogens is 2. The van der Waals surface area contributed by atoms with Gasteiger partial charge in [-0.1, -0.05) is 72.3 Å². The molecule has 4 nitrogen and oxygen atoms in total. The molecule has 1 N–H and O–H groups in total. The van der Waals surface area contributed by atoms with Gasteiger partial charge >= 0.3 is 5.97 Å². The van der Waals surface area contributed by atoms with Crippen LogP contribution < -0.4 is 5.32 Å². The number of nitrogens with one attached hydrogen (secondary N) is 1. The molecule has 6 heteroatoms. The lowest BCUT2D eigenvalue weighted by molar-refractivity contribution is -0.147. The van der Waals surface area contributed by atoms with Crippen molar-refractivity contribution >= 4 is 45.1 Å². The van der Waals surface area contributed by atoms with Crippen molar-refractivity contribution in [2.45, 2.75) is 12.8 Å². The van der Waals surface area contributed by atoms with E-state index in [4.69, 9.17) is 16.3 Å². The monoisotopic (exact) mass is 471 g/mol. The minimum atomic E-state index is -0.603. The van der Waals surface area contributed by atoms with Gasteiger partial charge in [0.15, 0.2) is 6.61 Å². The molecule has 0 saturated carbocycles. The third-order valence-electron chi connectivity index (χ3n) is 4.46. The highest BCUT2D eigenvalue weighted by atomic mass is 79.9. The molecular formula is C23H19BrClNO3. The molecule has 0 heterocycles. The standard InChI is InChI=1S/C23H19BrClNO3/c1-15-19(13-12-18(24)22(15)25)26-20(27)14-29-23(28)21(16-8-4-2-5-9-16)17-10-6-3-7-11-17/h2-13,21H,14H2,1H3,(H,26,27). The Bertz CT molecular complexity index is 970. The van der Waals surface area contributed by atoms with Gasteiger partial charge in [0.25, 0.3) is 5.91 Å². The first-order chi connectivity index (χ1) is 14.0. The van der Waals surface area contributed by atoms with Crippen molar-refractivity contribution in [3.05, 3.63) is 99.0 Å². The van der Waals surface area contributed by atoms with E-state index in [2.05, 4.69) is 21.2 Å². The number of esters is 1. The lowest BCUT2D eigenvalue weighted by atomic mass is 9.91. The number of carbonyl (C=O) groups excluding carboxylic acids is 2. The molecule has 29 heavy (non-hydrogen) atoms. The van der Waals surface area contributed by atoms with E-state index in [1.54, 1.807) is 19.1 Å². The Morgan fingerprint density at radius 2 is 1.52 bits per heavy atom. The summed E-state index contributed by atoms with van der Waals surface area (Å²) >= 11 is 9.53. The molecule has 0 aromatic heterocycles. The average molecular weight is 473 g/mol. The number of hydrogen-bond acceptors (Lipinski definition) is 3. The number of ether oxygens (including phenoxy) is 1. The van der Waals surface area contributed by atoms with Gasteiger partial charge in [0.05, 0.1) is 5.02 Å². The molecule has 0 saturated heterocycles. The lowest BCUT2D eigenvalue weighted by Crippen LogP contribution is -2.24.